The van der Waals surface area contributed by atoms with Gasteiger partial charge in [-0.3, -0.25) is 9.89 Å². The second-order valence-electron chi connectivity index (χ2n) is 7.67. The van der Waals surface area contributed by atoms with Crippen LogP contribution in [0.2, 0.25) is 10.0 Å². The number of ether oxygens (including phenoxy) is 1. The molecule has 2 fully saturated rings. The third kappa shape index (κ3) is 6.63. The summed E-state index contributed by atoms with van der Waals surface area (Å²) in [7, 11) is 1.83. The Bertz CT molecular complexity index is 647. The summed E-state index contributed by atoms with van der Waals surface area (Å²) in [6, 6.07) is 6.34. The number of hydrogen-bond acceptors (Lipinski definition) is 3. The fourth-order valence-corrected chi connectivity index (χ4v) is 3.69. The lowest BCUT2D eigenvalue weighted by Gasteiger charge is -2.39. The number of benzene rings is 1. The standard InChI is InChI=1S/C19H28Cl2N4O.HI/c1-19(12-26-13-19)11-23-18(22-2)24-15-5-7-25(8-6-15)10-14-3-4-16(20)17(21)9-14;/h3-4,9,15H,5-8,10-13H2,1-2H3,(H2,22,23,24);1H. The minimum atomic E-state index is 0. The Kier molecular flexibility index (Phi) is 8.93. The van der Waals surface area contributed by atoms with Gasteiger partial charge in [0.05, 0.1) is 23.3 Å². The summed E-state index contributed by atoms with van der Waals surface area (Å²) < 4.78 is 5.31. The smallest absolute Gasteiger partial charge is 0.191 e. The molecule has 3 rings (SSSR count). The first kappa shape index (κ1) is 23.0. The molecule has 1 aromatic rings. The van der Waals surface area contributed by atoms with Crippen LogP contribution in [0.3, 0.4) is 0 Å². The number of hydrogen-bond donors (Lipinski definition) is 2. The highest BCUT2D eigenvalue weighted by Gasteiger charge is 2.33. The Labute approximate surface area is 189 Å². The van der Waals surface area contributed by atoms with E-state index in [4.69, 9.17) is 27.9 Å². The molecule has 2 aliphatic rings. The Balaban J connectivity index is 0.00000261. The van der Waals surface area contributed by atoms with Crippen LogP contribution in [0.1, 0.15) is 25.3 Å². The van der Waals surface area contributed by atoms with Gasteiger partial charge in [-0.05, 0) is 30.5 Å². The Morgan fingerprint density at radius 1 is 1.26 bits per heavy atom. The minimum Gasteiger partial charge on any atom is -0.380 e. The molecule has 27 heavy (non-hydrogen) atoms. The van der Waals surface area contributed by atoms with E-state index >= 15 is 0 Å². The molecule has 0 saturated carbocycles. The summed E-state index contributed by atoms with van der Waals surface area (Å²) in [5, 5.41) is 8.24. The maximum absolute atomic E-state index is 6.12. The lowest BCUT2D eigenvalue weighted by Crippen LogP contribution is -2.53. The zero-order valence-electron chi connectivity index (χ0n) is 15.9. The molecular formula is C19H29Cl2IN4O. The summed E-state index contributed by atoms with van der Waals surface area (Å²) >= 11 is 12.1. The monoisotopic (exact) mass is 526 g/mol. The van der Waals surface area contributed by atoms with E-state index in [0.29, 0.717) is 16.1 Å². The van der Waals surface area contributed by atoms with Crippen molar-refractivity contribution >= 4 is 53.1 Å². The van der Waals surface area contributed by atoms with E-state index in [1.807, 2.05) is 19.2 Å². The number of guanidine groups is 1. The van der Waals surface area contributed by atoms with Crippen LogP contribution in [-0.2, 0) is 11.3 Å². The first-order valence-electron chi connectivity index (χ1n) is 9.19. The van der Waals surface area contributed by atoms with Gasteiger partial charge in [-0.2, -0.15) is 0 Å². The Hall–Kier alpha value is -0.280. The molecule has 0 bridgehead atoms. The Morgan fingerprint density at radius 3 is 2.52 bits per heavy atom. The fraction of sp³-hybridized carbons (Fsp3) is 0.632. The normalized spacial score (nSPS) is 20.5. The lowest BCUT2D eigenvalue weighted by atomic mass is 9.89. The molecule has 152 valence electrons. The van der Waals surface area contributed by atoms with Crippen LogP contribution < -0.4 is 10.6 Å². The first-order valence-corrected chi connectivity index (χ1v) is 9.94. The molecule has 0 radical (unpaired) electrons. The van der Waals surface area contributed by atoms with Crippen molar-refractivity contribution in [2.75, 3.05) is 39.9 Å². The maximum Gasteiger partial charge on any atom is 0.191 e. The first-order chi connectivity index (χ1) is 12.5. The number of nitrogens with one attached hydrogen (secondary N) is 2. The zero-order chi connectivity index (χ0) is 18.6. The lowest BCUT2D eigenvalue weighted by molar-refractivity contribution is -0.0971. The minimum absolute atomic E-state index is 0. The fourth-order valence-electron chi connectivity index (χ4n) is 3.37. The van der Waals surface area contributed by atoms with Gasteiger partial charge in [-0.1, -0.05) is 36.2 Å². The molecule has 2 N–H and O–H groups in total. The van der Waals surface area contributed by atoms with Gasteiger partial charge >= 0.3 is 0 Å². The molecule has 0 unspecified atom stereocenters. The van der Waals surface area contributed by atoms with Crippen molar-refractivity contribution < 1.29 is 4.74 Å². The van der Waals surface area contributed by atoms with Gasteiger partial charge in [0, 0.05) is 44.7 Å². The van der Waals surface area contributed by atoms with Crippen molar-refractivity contribution in [1.82, 2.24) is 15.5 Å². The molecule has 2 saturated heterocycles. The SMILES string of the molecule is CN=C(NCC1(C)COC1)NC1CCN(Cc2ccc(Cl)c(Cl)c2)CC1.I. The third-order valence-corrected chi connectivity index (χ3v) is 5.86. The summed E-state index contributed by atoms with van der Waals surface area (Å²) in [5.74, 6) is 0.890. The summed E-state index contributed by atoms with van der Waals surface area (Å²) in [6.45, 7) is 7.80. The Morgan fingerprint density at radius 2 is 1.96 bits per heavy atom. The van der Waals surface area contributed by atoms with E-state index in [1.54, 1.807) is 0 Å². The highest BCUT2D eigenvalue weighted by molar-refractivity contribution is 14.0. The van der Waals surface area contributed by atoms with Crippen molar-refractivity contribution in [1.29, 1.82) is 0 Å². The molecule has 0 aromatic heterocycles. The van der Waals surface area contributed by atoms with Gasteiger partial charge in [0.25, 0.3) is 0 Å². The number of halogens is 3. The largest absolute Gasteiger partial charge is 0.380 e. The highest BCUT2D eigenvalue weighted by Crippen LogP contribution is 2.25. The molecule has 0 spiro atoms. The van der Waals surface area contributed by atoms with Gasteiger partial charge in [0.1, 0.15) is 0 Å². The molecule has 2 aliphatic heterocycles. The van der Waals surface area contributed by atoms with Crippen LogP contribution in [0.5, 0.6) is 0 Å². The number of likely N-dealkylation sites (tertiary alicyclic amines) is 1. The van der Waals surface area contributed by atoms with Gasteiger partial charge in [0.2, 0.25) is 0 Å². The van der Waals surface area contributed by atoms with E-state index in [1.165, 1.54) is 5.56 Å². The van der Waals surface area contributed by atoms with Gasteiger partial charge in [-0.15, -0.1) is 24.0 Å². The van der Waals surface area contributed by atoms with Crippen LogP contribution >= 0.6 is 47.2 Å². The maximum atomic E-state index is 6.12. The second-order valence-corrected chi connectivity index (χ2v) is 8.49. The number of rotatable bonds is 5. The highest BCUT2D eigenvalue weighted by atomic mass is 127. The predicted molar refractivity (Wildman–Crippen MR) is 124 cm³/mol. The van der Waals surface area contributed by atoms with Gasteiger partial charge < -0.3 is 15.4 Å². The van der Waals surface area contributed by atoms with Crippen LogP contribution in [0, 0.1) is 5.41 Å². The van der Waals surface area contributed by atoms with E-state index in [0.717, 1.165) is 58.2 Å². The second kappa shape index (κ2) is 10.5. The number of piperidine rings is 1. The average molecular weight is 527 g/mol. The van der Waals surface area contributed by atoms with E-state index < -0.39 is 0 Å². The van der Waals surface area contributed by atoms with E-state index in [9.17, 15) is 0 Å². The van der Waals surface area contributed by atoms with Crippen molar-refractivity contribution in [3.05, 3.63) is 33.8 Å². The summed E-state index contributed by atoms with van der Waals surface area (Å²) in [5.41, 5.74) is 1.44. The zero-order valence-corrected chi connectivity index (χ0v) is 19.8. The predicted octanol–water partition coefficient (Wildman–Crippen LogP) is 3.78. The van der Waals surface area contributed by atoms with Crippen molar-refractivity contribution in [2.45, 2.75) is 32.4 Å². The topological polar surface area (TPSA) is 48.9 Å². The molecule has 0 amide bonds. The number of nitrogens with zero attached hydrogens (tertiary/aromatic N) is 2. The van der Waals surface area contributed by atoms with Crippen molar-refractivity contribution in [3.8, 4) is 0 Å². The molecule has 5 nitrogen and oxygen atoms in total. The molecular weight excluding hydrogens is 498 g/mol. The van der Waals surface area contributed by atoms with Crippen LogP contribution in [0.25, 0.3) is 0 Å². The van der Waals surface area contributed by atoms with Crippen molar-refractivity contribution in [2.24, 2.45) is 10.4 Å². The van der Waals surface area contributed by atoms with Crippen LogP contribution in [-0.4, -0.2) is 56.8 Å². The van der Waals surface area contributed by atoms with E-state index in [2.05, 4.69) is 33.5 Å². The molecule has 1 aromatic carbocycles. The van der Waals surface area contributed by atoms with Crippen LogP contribution in [0.4, 0.5) is 0 Å². The summed E-state index contributed by atoms with van der Waals surface area (Å²) in [4.78, 5) is 6.82. The third-order valence-electron chi connectivity index (χ3n) is 5.13. The average Bonchev–Trinajstić information content (AvgIpc) is 2.61. The van der Waals surface area contributed by atoms with Gasteiger partial charge in [0.15, 0.2) is 5.96 Å². The summed E-state index contributed by atoms with van der Waals surface area (Å²) in [6.07, 6.45) is 2.20. The van der Waals surface area contributed by atoms with Gasteiger partial charge in [-0.25, -0.2) is 0 Å². The number of aliphatic imine (C=N–C) groups is 1. The molecule has 8 heteroatoms. The van der Waals surface area contributed by atoms with Crippen molar-refractivity contribution in [3.63, 3.8) is 0 Å². The molecule has 0 aliphatic carbocycles. The van der Waals surface area contributed by atoms with E-state index in [-0.39, 0.29) is 29.4 Å². The van der Waals surface area contributed by atoms with Crippen LogP contribution in [0.15, 0.2) is 23.2 Å². The quantitative estimate of drug-likeness (QED) is 0.348. The molecule has 0 atom stereocenters. The molecule has 2 heterocycles.